The van der Waals surface area contributed by atoms with Gasteiger partial charge in [-0.2, -0.15) is 12.6 Å². The summed E-state index contributed by atoms with van der Waals surface area (Å²) in [6, 6.07) is 9.87. The number of thiol groups is 1. The Bertz CT molecular complexity index is 1110. The first kappa shape index (κ1) is 28.8. The van der Waals surface area contributed by atoms with E-state index in [4.69, 9.17) is 4.74 Å². The third-order valence-electron chi connectivity index (χ3n) is 5.28. The molecule has 0 aliphatic rings. The van der Waals surface area contributed by atoms with Gasteiger partial charge in [-0.25, -0.2) is 4.79 Å². The zero-order chi connectivity index (χ0) is 27.0. The summed E-state index contributed by atoms with van der Waals surface area (Å²) in [5.74, 6) is -0.948. The second-order valence-corrected chi connectivity index (χ2v) is 9.78. The number of carbonyl (C=O) groups is 3. The zero-order valence-electron chi connectivity index (χ0n) is 21.4. The number of phenols is 1. The van der Waals surface area contributed by atoms with Crippen LogP contribution in [0.4, 0.5) is 10.5 Å². The molecule has 0 aliphatic heterocycles. The van der Waals surface area contributed by atoms with E-state index in [1.807, 2.05) is 19.1 Å². The summed E-state index contributed by atoms with van der Waals surface area (Å²) in [6.45, 7) is 12.5. The van der Waals surface area contributed by atoms with E-state index in [9.17, 15) is 19.5 Å². The number of phenolic OH excluding ortho intramolecular Hbond substituents is 1. The van der Waals surface area contributed by atoms with E-state index in [2.05, 4.69) is 29.8 Å². The number of nitrogens with zero attached hydrogens (tertiary/aromatic N) is 1. The molecule has 0 aliphatic carbocycles. The predicted octanol–water partition coefficient (Wildman–Crippen LogP) is 4.53. The van der Waals surface area contributed by atoms with Crippen molar-refractivity contribution in [1.82, 2.24) is 10.2 Å². The molecule has 0 radical (unpaired) electrons. The molecule has 0 aromatic heterocycles. The molecule has 3 amide bonds. The molecule has 194 valence electrons. The molecule has 8 nitrogen and oxygen atoms in total. The van der Waals surface area contributed by atoms with Gasteiger partial charge in [-0.15, -0.1) is 6.58 Å². The Balaban J connectivity index is 2.49. The fraction of sp³-hybridized carbons (Fsp3) is 0.370. The third-order valence-corrected chi connectivity index (χ3v) is 5.65. The summed E-state index contributed by atoms with van der Waals surface area (Å²) in [6.07, 6.45) is 0.734. The minimum absolute atomic E-state index is 0.0187. The second-order valence-electron chi connectivity index (χ2n) is 9.41. The molecule has 2 aromatic carbocycles. The minimum atomic E-state index is -1.09. The van der Waals surface area contributed by atoms with Gasteiger partial charge in [-0.1, -0.05) is 30.3 Å². The maximum Gasteiger partial charge on any atom is 0.408 e. The highest BCUT2D eigenvalue weighted by molar-refractivity contribution is 7.80. The molecule has 2 unspecified atom stereocenters. The van der Waals surface area contributed by atoms with Crippen LogP contribution in [0.5, 0.6) is 5.75 Å². The van der Waals surface area contributed by atoms with Crippen molar-refractivity contribution in [2.45, 2.75) is 52.3 Å². The lowest BCUT2D eigenvalue weighted by Gasteiger charge is -2.33. The van der Waals surface area contributed by atoms with E-state index in [0.29, 0.717) is 16.8 Å². The highest BCUT2D eigenvalue weighted by Crippen LogP contribution is 2.28. The van der Waals surface area contributed by atoms with Crippen LogP contribution >= 0.6 is 12.6 Å². The normalized spacial score (nSPS) is 12.7. The molecule has 0 spiro atoms. The molecule has 2 aromatic rings. The van der Waals surface area contributed by atoms with Crippen molar-refractivity contribution in [3.8, 4) is 5.75 Å². The first-order valence-corrected chi connectivity index (χ1v) is 12.2. The maximum atomic E-state index is 13.7. The molecule has 0 heterocycles. The Morgan fingerprint density at radius 2 is 1.81 bits per heavy atom. The molecule has 0 fully saturated rings. The Labute approximate surface area is 218 Å². The lowest BCUT2D eigenvalue weighted by molar-refractivity contribution is -0.139. The molecular formula is C27H35N3O5S. The summed E-state index contributed by atoms with van der Waals surface area (Å²) in [5, 5.41) is 15.5. The molecular weight excluding hydrogens is 478 g/mol. The van der Waals surface area contributed by atoms with Crippen molar-refractivity contribution < 1.29 is 24.2 Å². The van der Waals surface area contributed by atoms with Crippen molar-refractivity contribution in [2.75, 3.05) is 17.6 Å². The van der Waals surface area contributed by atoms with E-state index in [1.165, 1.54) is 17.0 Å². The number of aromatic hydroxyl groups is 1. The van der Waals surface area contributed by atoms with Crippen molar-refractivity contribution >= 4 is 36.2 Å². The SMILES string of the molecule is C=CCN(C(=O)C(CS)NC(=O)OC(C)(C)C)C(C(=O)Nc1ccccc1C)c1ccc(O)c(C)c1. The number of amides is 3. The minimum Gasteiger partial charge on any atom is -0.508 e. The molecule has 2 atom stereocenters. The number of ether oxygens (including phenoxy) is 1. The number of rotatable bonds is 9. The summed E-state index contributed by atoms with van der Waals surface area (Å²) in [5.41, 5.74) is 1.74. The van der Waals surface area contributed by atoms with E-state index in [1.54, 1.807) is 52.0 Å². The highest BCUT2D eigenvalue weighted by Gasteiger charge is 2.35. The van der Waals surface area contributed by atoms with Gasteiger partial charge in [0.05, 0.1) is 0 Å². The summed E-state index contributed by atoms with van der Waals surface area (Å²) < 4.78 is 5.29. The van der Waals surface area contributed by atoms with E-state index in [0.717, 1.165) is 5.56 Å². The van der Waals surface area contributed by atoms with Crippen LogP contribution in [0.2, 0.25) is 0 Å². The summed E-state index contributed by atoms with van der Waals surface area (Å²) in [4.78, 5) is 41.1. The van der Waals surface area contributed by atoms with Gasteiger partial charge < -0.3 is 25.4 Å². The molecule has 0 bridgehead atoms. The van der Waals surface area contributed by atoms with Crippen LogP contribution in [0.15, 0.2) is 55.1 Å². The van der Waals surface area contributed by atoms with Gasteiger partial charge in [-0.3, -0.25) is 9.59 Å². The molecule has 0 saturated carbocycles. The molecule has 36 heavy (non-hydrogen) atoms. The number of alkyl carbamates (subject to hydrolysis) is 1. The number of anilines is 1. The smallest absolute Gasteiger partial charge is 0.408 e. The van der Waals surface area contributed by atoms with Crippen molar-refractivity contribution in [3.63, 3.8) is 0 Å². The summed E-state index contributed by atoms with van der Waals surface area (Å²) in [7, 11) is 0. The quantitative estimate of drug-likeness (QED) is 0.291. The number of hydrogen-bond acceptors (Lipinski definition) is 6. The summed E-state index contributed by atoms with van der Waals surface area (Å²) >= 11 is 4.26. The number of aryl methyl sites for hydroxylation is 2. The first-order chi connectivity index (χ1) is 16.9. The van der Waals surface area contributed by atoms with Crippen LogP contribution in [0.25, 0.3) is 0 Å². The van der Waals surface area contributed by atoms with Crippen molar-refractivity contribution in [1.29, 1.82) is 0 Å². The van der Waals surface area contributed by atoms with E-state index >= 15 is 0 Å². The van der Waals surface area contributed by atoms with Gasteiger partial charge in [-0.05, 0) is 69.5 Å². The molecule has 0 saturated heterocycles. The van der Waals surface area contributed by atoms with Crippen LogP contribution < -0.4 is 10.6 Å². The monoisotopic (exact) mass is 513 g/mol. The number of hydrogen-bond donors (Lipinski definition) is 4. The number of para-hydroxylation sites is 1. The van der Waals surface area contributed by atoms with Crippen LogP contribution in [0.1, 0.15) is 43.5 Å². The Hall–Kier alpha value is -3.46. The number of nitrogens with one attached hydrogen (secondary N) is 2. The predicted molar refractivity (Wildman–Crippen MR) is 144 cm³/mol. The standard InChI is InChI=1S/C27H35N3O5S/c1-7-14-30(25(33)21(16-36)29-26(34)35-27(4,5)6)23(19-12-13-22(31)18(3)15-19)24(32)28-20-11-9-8-10-17(20)2/h7-13,15,21,23,31,36H,1,14,16H2,2-6H3,(H,28,32)(H,29,34). The molecule has 9 heteroatoms. The largest absolute Gasteiger partial charge is 0.508 e. The van der Waals surface area contributed by atoms with Crippen molar-refractivity contribution in [3.05, 3.63) is 71.8 Å². The lowest BCUT2D eigenvalue weighted by atomic mass is 10.00. The van der Waals surface area contributed by atoms with Gasteiger partial charge in [0.25, 0.3) is 5.91 Å². The third kappa shape index (κ3) is 7.78. The van der Waals surface area contributed by atoms with Crippen LogP contribution in [0, 0.1) is 13.8 Å². The van der Waals surface area contributed by atoms with E-state index in [-0.39, 0.29) is 18.0 Å². The van der Waals surface area contributed by atoms with Crippen molar-refractivity contribution in [2.24, 2.45) is 0 Å². The number of carbonyl (C=O) groups excluding carboxylic acids is 3. The van der Waals surface area contributed by atoms with Gasteiger partial charge >= 0.3 is 6.09 Å². The Kier molecular flexibility index (Phi) is 9.98. The molecule has 2 rings (SSSR count). The topological polar surface area (TPSA) is 108 Å². The van der Waals surface area contributed by atoms with Crippen LogP contribution in [0.3, 0.4) is 0 Å². The van der Waals surface area contributed by atoms with Gasteiger partial charge in [0.15, 0.2) is 0 Å². The van der Waals surface area contributed by atoms with Crippen LogP contribution in [-0.2, 0) is 14.3 Å². The number of benzene rings is 2. The van der Waals surface area contributed by atoms with Gasteiger partial charge in [0.1, 0.15) is 23.4 Å². The lowest BCUT2D eigenvalue weighted by Crippen LogP contribution is -2.53. The van der Waals surface area contributed by atoms with Gasteiger partial charge in [0, 0.05) is 18.0 Å². The Morgan fingerprint density at radius 3 is 2.36 bits per heavy atom. The first-order valence-electron chi connectivity index (χ1n) is 11.6. The average Bonchev–Trinajstić information content (AvgIpc) is 2.79. The zero-order valence-corrected chi connectivity index (χ0v) is 22.3. The fourth-order valence-corrected chi connectivity index (χ4v) is 3.78. The molecule has 3 N–H and O–H groups in total. The highest BCUT2D eigenvalue weighted by atomic mass is 32.1. The van der Waals surface area contributed by atoms with Gasteiger partial charge in [0.2, 0.25) is 5.91 Å². The maximum absolute atomic E-state index is 13.7. The average molecular weight is 514 g/mol. The van der Waals surface area contributed by atoms with E-state index < -0.39 is 35.6 Å². The van der Waals surface area contributed by atoms with Crippen LogP contribution in [-0.4, -0.2) is 51.9 Å². The second kappa shape index (κ2) is 12.5. The Morgan fingerprint density at radius 1 is 1.14 bits per heavy atom. The fourth-order valence-electron chi connectivity index (χ4n) is 3.53.